The second kappa shape index (κ2) is 9.37. The normalized spacial score (nSPS) is 22.7. The van der Waals surface area contributed by atoms with E-state index in [0.717, 1.165) is 26.8 Å². The lowest BCUT2D eigenvalue weighted by Gasteiger charge is -2.38. The second-order valence-corrected chi connectivity index (χ2v) is 10.8. The Morgan fingerprint density at radius 3 is 2.36 bits per heavy atom. The summed E-state index contributed by atoms with van der Waals surface area (Å²) in [6, 6.07) is 22.7. The van der Waals surface area contributed by atoms with Crippen LogP contribution in [0, 0.1) is 34.8 Å². The number of methoxy groups -OCH3 is 1. The van der Waals surface area contributed by atoms with Crippen molar-refractivity contribution in [1.82, 2.24) is 0 Å². The molecule has 3 aliphatic rings. The smallest absolute Gasteiger partial charge is 0.319 e. The Kier molecular flexibility index (Phi) is 5.72. The van der Waals surface area contributed by atoms with Crippen molar-refractivity contribution >= 4 is 45.5 Å². The van der Waals surface area contributed by atoms with Gasteiger partial charge in [-0.15, -0.1) is 0 Å². The van der Waals surface area contributed by atoms with E-state index in [1.807, 2.05) is 48.5 Å². The minimum atomic E-state index is -1.03. The van der Waals surface area contributed by atoms with Crippen LogP contribution < -0.4 is 14.4 Å². The minimum absolute atomic E-state index is 0.146. The van der Waals surface area contributed by atoms with Gasteiger partial charge in [-0.2, -0.15) is 0 Å². The molecule has 42 heavy (non-hydrogen) atoms. The van der Waals surface area contributed by atoms with Crippen LogP contribution in [-0.4, -0.2) is 29.8 Å². The summed E-state index contributed by atoms with van der Waals surface area (Å²) >= 11 is 0. The molecule has 2 aliphatic heterocycles. The van der Waals surface area contributed by atoms with E-state index < -0.39 is 46.4 Å². The number of ether oxygens (including phenoxy) is 2. The van der Waals surface area contributed by atoms with Crippen molar-refractivity contribution in [3.8, 4) is 11.5 Å². The summed E-state index contributed by atoms with van der Waals surface area (Å²) in [5, 5.41) is 13.2. The van der Waals surface area contributed by atoms with Gasteiger partial charge in [0.1, 0.15) is 11.5 Å². The fraction of sp³-hybridized carbons (Fsp3) is 0.182. The van der Waals surface area contributed by atoms with E-state index in [1.165, 1.54) is 18.2 Å². The number of rotatable bonds is 4. The Labute approximate surface area is 240 Å². The number of hydrogen-bond acceptors (Lipinski definition) is 7. The molecular weight excluding hydrogens is 536 g/mol. The van der Waals surface area contributed by atoms with Crippen LogP contribution in [0.25, 0.3) is 16.3 Å². The van der Waals surface area contributed by atoms with Crippen molar-refractivity contribution in [1.29, 1.82) is 0 Å². The highest BCUT2D eigenvalue weighted by atomic mass is 16.6. The molecule has 1 saturated heterocycles. The molecule has 0 bridgehead atoms. The summed E-state index contributed by atoms with van der Waals surface area (Å²) in [6.07, 6.45) is 1.94. The van der Waals surface area contributed by atoms with Gasteiger partial charge in [-0.25, -0.2) is 4.90 Å². The van der Waals surface area contributed by atoms with E-state index in [0.29, 0.717) is 22.6 Å². The Hall–Kier alpha value is -5.31. The number of aryl methyl sites for hydroxylation is 1. The summed E-state index contributed by atoms with van der Waals surface area (Å²) in [5.41, 5.74) is 2.70. The number of anilines is 1. The number of imide groups is 1. The van der Waals surface area contributed by atoms with E-state index in [2.05, 4.69) is 0 Å². The molecule has 9 heteroatoms. The zero-order valence-corrected chi connectivity index (χ0v) is 22.6. The molecule has 0 spiro atoms. The molecule has 0 aromatic heterocycles. The second-order valence-electron chi connectivity index (χ2n) is 10.8. The van der Waals surface area contributed by atoms with Gasteiger partial charge in [0.15, 0.2) is 0 Å². The van der Waals surface area contributed by atoms with Crippen LogP contribution in [0.15, 0.2) is 84.9 Å². The molecule has 4 atom stereocenters. The van der Waals surface area contributed by atoms with E-state index >= 15 is 0 Å². The largest absolute Gasteiger partial charge is 0.497 e. The van der Waals surface area contributed by atoms with Crippen molar-refractivity contribution in [2.45, 2.75) is 12.8 Å². The molecule has 2 amide bonds. The lowest BCUT2D eigenvalue weighted by atomic mass is 9.64. The van der Waals surface area contributed by atoms with Gasteiger partial charge in [-0.1, -0.05) is 48.5 Å². The fourth-order valence-corrected chi connectivity index (χ4v) is 6.72. The highest BCUT2D eigenvalue weighted by Crippen LogP contribution is 2.56. The molecule has 1 aliphatic carbocycles. The van der Waals surface area contributed by atoms with Gasteiger partial charge < -0.3 is 9.47 Å². The number of amides is 2. The Balaban J connectivity index is 1.44. The maximum atomic E-state index is 14.3. The molecule has 4 aromatic carbocycles. The minimum Gasteiger partial charge on any atom is -0.497 e. The van der Waals surface area contributed by atoms with Gasteiger partial charge in [0, 0.05) is 23.6 Å². The molecule has 1 fully saturated rings. The third kappa shape index (κ3) is 3.66. The van der Waals surface area contributed by atoms with Crippen LogP contribution in [-0.2, 0) is 14.4 Å². The van der Waals surface area contributed by atoms with Crippen molar-refractivity contribution in [2.75, 3.05) is 12.0 Å². The van der Waals surface area contributed by atoms with E-state index in [9.17, 15) is 24.5 Å². The molecule has 0 radical (unpaired) electrons. The molecule has 2 heterocycles. The third-order valence-electron chi connectivity index (χ3n) is 8.61. The number of nitro groups is 1. The monoisotopic (exact) mass is 560 g/mol. The van der Waals surface area contributed by atoms with Crippen LogP contribution in [0.5, 0.6) is 11.5 Å². The molecule has 0 unspecified atom stereocenters. The highest BCUT2D eigenvalue weighted by Gasteiger charge is 2.60. The highest BCUT2D eigenvalue weighted by molar-refractivity contribution is 6.25. The first-order valence-corrected chi connectivity index (χ1v) is 13.5. The number of carbonyl (C=O) groups excluding carboxylic acids is 3. The van der Waals surface area contributed by atoms with Crippen LogP contribution in [0.4, 0.5) is 11.4 Å². The molecule has 9 nitrogen and oxygen atoms in total. The first kappa shape index (κ1) is 25.6. The first-order chi connectivity index (χ1) is 20.3. The summed E-state index contributed by atoms with van der Waals surface area (Å²) in [5.74, 6) is -3.98. The topological polar surface area (TPSA) is 116 Å². The van der Waals surface area contributed by atoms with Crippen molar-refractivity contribution in [2.24, 2.45) is 17.8 Å². The number of fused-ring (bicyclic) bond motifs is 7. The van der Waals surface area contributed by atoms with Gasteiger partial charge in [0.25, 0.3) is 5.69 Å². The SMILES string of the molecule is COc1ccc([C@@H]2C=C3c4c(ccc5ccccc45)OC(=O)[C@@H]3[C@@H]3C(=O)N(c4ccc([N+](=O)[O-])cc4C)C(=O)[C@@H]32)cc1. The zero-order valence-electron chi connectivity index (χ0n) is 22.6. The molecular formula is C33H24N2O7. The van der Waals surface area contributed by atoms with Crippen LogP contribution in [0.2, 0.25) is 0 Å². The predicted octanol–water partition coefficient (Wildman–Crippen LogP) is 5.59. The number of non-ortho nitro benzene ring substituents is 1. The maximum absolute atomic E-state index is 14.3. The van der Waals surface area contributed by atoms with Gasteiger partial charge in [0.05, 0.1) is 35.5 Å². The standard InChI is InChI=1S/C33H24N2O7/c1-17-15-20(35(39)40)10-13-25(17)34-31(36)28-23(19-7-11-21(41-2)12-8-19)16-24-27-22-6-4-3-5-18(22)9-14-26(27)42-33(38)29(24)30(28)32(34)37/h3-16,23,28-30H,1-2H3/t23-,28+,29-,30+/m0/s1. The number of benzene rings is 4. The number of esters is 1. The van der Waals surface area contributed by atoms with Crippen molar-refractivity contribution in [3.05, 3.63) is 112 Å². The fourth-order valence-electron chi connectivity index (χ4n) is 6.72. The lowest BCUT2D eigenvalue weighted by Crippen LogP contribution is -2.42. The van der Waals surface area contributed by atoms with E-state index in [-0.39, 0.29) is 11.4 Å². The number of hydrogen-bond donors (Lipinski definition) is 0. The van der Waals surface area contributed by atoms with Crippen LogP contribution in [0.3, 0.4) is 0 Å². The molecule has 208 valence electrons. The molecule has 7 rings (SSSR count). The van der Waals surface area contributed by atoms with E-state index in [1.54, 1.807) is 32.2 Å². The number of allylic oxidation sites excluding steroid dienone is 1. The summed E-state index contributed by atoms with van der Waals surface area (Å²) in [6.45, 7) is 1.62. The van der Waals surface area contributed by atoms with Crippen molar-refractivity contribution in [3.63, 3.8) is 0 Å². The number of nitro benzene ring substituents is 1. The zero-order chi connectivity index (χ0) is 29.3. The van der Waals surface area contributed by atoms with Gasteiger partial charge in [0.2, 0.25) is 11.8 Å². The molecule has 4 aromatic rings. The summed E-state index contributed by atoms with van der Waals surface area (Å²) in [7, 11) is 1.57. The number of carbonyl (C=O) groups is 3. The van der Waals surface area contributed by atoms with Crippen LogP contribution in [0.1, 0.15) is 22.6 Å². The summed E-state index contributed by atoms with van der Waals surface area (Å²) < 4.78 is 11.2. The van der Waals surface area contributed by atoms with Gasteiger partial charge in [-0.3, -0.25) is 24.5 Å². The first-order valence-electron chi connectivity index (χ1n) is 13.5. The average Bonchev–Trinajstić information content (AvgIpc) is 3.26. The quantitative estimate of drug-likeness (QED) is 0.105. The predicted molar refractivity (Wildman–Crippen MR) is 154 cm³/mol. The average molecular weight is 561 g/mol. The lowest BCUT2D eigenvalue weighted by molar-refractivity contribution is -0.384. The molecule has 0 saturated carbocycles. The summed E-state index contributed by atoms with van der Waals surface area (Å²) in [4.78, 5) is 54.1. The molecule has 0 N–H and O–H groups in total. The Morgan fingerprint density at radius 1 is 0.905 bits per heavy atom. The third-order valence-corrected chi connectivity index (χ3v) is 8.61. The number of nitrogens with zero attached hydrogens (tertiary/aromatic N) is 2. The Morgan fingerprint density at radius 2 is 1.64 bits per heavy atom. The maximum Gasteiger partial charge on any atom is 0.319 e. The van der Waals surface area contributed by atoms with Gasteiger partial charge in [-0.05, 0) is 58.7 Å². The Bertz CT molecular complexity index is 1880. The van der Waals surface area contributed by atoms with Crippen LogP contribution >= 0.6 is 0 Å². The van der Waals surface area contributed by atoms with Crippen molar-refractivity contribution < 1.29 is 28.8 Å². The van der Waals surface area contributed by atoms with Gasteiger partial charge >= 0.3 is 5.97 Å². The van der Waals surface area contributed by atoms with E-state index in [4.69, 9.17) is 9.47 Å².